The number of imidazole rings is 1. The highest BCUT2D eigenvalue weighted by Gasteiger charge is 2.00. The second-order valence-electron chi connectivity index (χ2n) is 3.78. The van der Waals surface area contributed by atoms with E-state index < -0.39 is 0 Å². The van der Waals surface area contributed by atoms with E-state index in [4.69, 9.17) is 5.73 Å². The Morgan fingerprint density at radius 2 is 2.31 bits per heavy atom. The molecule has 74 valence electrons. The summed E-state index contributed by atoms with van der Waals surface area (Å²) in [5.41, 5.74) is 5.54. The summed E-state index contributed by atoms with van der Waals surface area (Å²) in [6.45, 7) is 6.08. The first-order valence-corrected chi connectivity index (χ1v) is 4.94. The lowest BCUT2D eigenvalue weighted by Gasteiger charge is -2.07. The number of aryl methyl sites for hydroxylation is 1. The van der Waals surface area contributed by atoms with E-state index in [0.717, 1.165) is 18.3 Å². The van der Waals surface area contributed by atoms with E-state index in [2.05, 4.69) is 23.4 Å². The number of aromatic nitrogens is 2. The fraction of sp³-hybridized carbons (Fsp3) is 0.700. The number of nitrogens with two attached hydrogens (primary N) is 1. The van der Waals surface area contributed by atoms with Gasteiger partial charge in [0, 0.05) is 18.9 Å². The van der Waals surface area contributed by atoms with E-state index in [9.17, 15) is 0 Å². The number of nitrogens with zero attached hydrogens (tertiary/aromatic N) is 2. The maximum atomic E-state index is 5.54. The summed E-state index contributed by atoms with van der Waals surface area (Å²) in [5.74, 6) is 1.77. The van der Waals surface area contributed by atoms with Crippen molar-refractivity contribution in [3.63, 3.8) is 0 Å². The van der Waals surface area contributed by atoms with Crippen LogP contribution in [0.25, 0.3) is 0 Å². The minimum absolute atomic E-state index is 0.536. The molecule has 0 fully saturated rings. The van der Waals surface area contributed by atoms with Crippen LogP contribution in [0.3, 0.4) is 0 Å². The lowest BCUT2D eigenvalue weighted by Crippen LogP contribution is -2.08. The van der Waals surface area contributed by atoms with Gasteiger partial charge in [-0.15, -0.1) is 0 Å². The first-order chi connectivity index (χ1) is 6.24. The van der Waals surface area contributed by atoms with Gasteiger partial charge in [0.1, 0.15) is 5.82 Å². The third-order valence-electron chi connectivity index (χ3n) is 2.16. The van der Waals surface area contributed by atoms with Crippen LogP contribution in [0.4, 0.5) is 0 Å². The predicted octanol–water partition coefficient (Wildman–Crippen LogP) is 1.78. The van der Waals surface area contributed by atoms with Crippen molar-refractivity contribution in [1.82, 2.24) is 9.55 Å². The molecule has 0 saturated heterocycles. The van der Waals surface area contributed by atoms with Crippen molar-refractivity contribution >= 4 is 0 Å². The van der Waals surface area contributed by atoms with Gasteiger partial charge in [0.2, 0.25) is 0 Å². The van der Waals surface area contributed by atoms with Crippen molar-refractivity contribution in [1.29, 1.82) is 0 Å². The summed E-state index contributed by atoms with van der Waals surface area (Å²) < 4.78 is 2.14. The lowest BCUT2D eigenvalue weighted by atomic mass is 10.1. The molecule has 1 rings (SSSR count). The van der Waals surface area contributed by atoms with Crippen LogP contribution in [0.2, 0.25) is 0 Å². The summed E-state index contributed by atoms with van der Waals surface area (Å²) in [6, 6.07) is 0. The van der Waals surface area contributed by atoms with Crippen molar-refractivity contribution in [2.45, 2.75) is 39.8 Å². The third kappa shape index (κ3) is 3.19. The molecule has 0 bridgehead atoms. The van der Waals surface area contributed by atoms with Crippen LogP contribution in [0.5, 0.6) is 0 Å². The van der Waals surface area contributed by atoms with Gasteiger partial charge in [-0.3, -0.25) is 0 Å². The van der Waals surface area contributed by atoms with Gasteiger partial charge < -0.3 is 10.3 Å². The van der Waals surface area contributed by atoms with Crippen molar-refractivity contribution in [2.75, 3.05) is 0 Å². The monoisotopic (exact) mass is 181 g/mol. The molecule has 1 aromatic heterocycles. The summed E-state index contributed by atoms with van der Waals surface area (Å²) in [6.07, 6.45) is 6.29. The Hall–Kier alpha value is -0.830. The van der Waals surface area contributed by atoms with Crippen LogP contribution in [0.1, 0.15) is 32.5 Å². The second kappa shape index (κ2) is 5.02. The van der Waals surface area contributed by atoms with Gasteiger partial charge in [-0.1, -0.05) is 13.8 Å². The van der Waals surface area contributed by atoms with Gasteiger partial charge in [-0.25, -0.2) is 4.98 Å². The summed E-state index contributed by atoms with van der Waals surface area (Å²) in [7, 11) is 0. The van der Waals surface area contributed by atoms with E-state index in [0.29, 0.717) is 6.54 Å². The summed E-state index contributed by atoms with van der Waals surface area (Å²) in [4.78, 5) is 4.17. The smallest absolute Gasteiger partial charge is 0.122 e. The highest BCUT2D eigenvalue weighted by molar-refractivity contribution is 4.90. The molecule has 0 aliphatic heterocycles. The van der Waals surface area contributed by atoms with Crippen LogP contribution in [-0.2, 0) is 13.1 Å². The van der Waals surface area contributed by atoms with Crippen LogP contribution in [0, 0.1) is 5.92 Å². The zero-order chi connectivity index (χ0) is 9.68. The largest absolute Gasteiger partial charge is 0.334 e. The van der Waals surface area contributed by atoms with Crippen LogP contribution in [-0.4, -0.2) is 9.55 Å². The molecular formula is C10H19N3. The molecule has 0 aromatic carbocycles. The van der Waals surface area contributed by atoms with Gasteiger partial charge >= 0.3 is 0 Å². The Balaban J connectivity index is 2.36. The Morgan fingerprint density at radius 1 is 1.54 bits per heavy atom. The number of hydrogen-bond donors (Lipinski definition) is 1. The van der Waals surface area contributed by atoms with Crippen LogP contribution >= 0.6 is 0 Å². The first kappa shape index (κ1) is 10.3. The molecule has 0 spiro atoms. The molecule has 0 aliphatic rings. The zero-order valence-corrected chi connectivity index (χ0v) is 8.53. The van der Waals surface area contributed by atoms with Crippen LogP contribution < -0.4 is 5.73 Å². The first-order valence-electron chi connectivity index (χ1n) is 4.94. The number of rotatable bonds is 5. The van der Waals surface area contributed by atoms with Gasteiger partial charge in [-0.2, -0.15) is 0 Å². The van der Waals surface area contributed by atoms with Crippen molar-refractivity contribution < 1.29 is 0 Å². The minimum atomic E-state index is 0.536. The quantitative estimate of drug-likeness (QED) is 0.752. The minimum Gasteiger partial charge on any atom is -0.334 e. The number of hydrogen-bond acceptors (Lipinski definition) is 2. The maximum Gasteiger partial charge on any atom is 0.122 e. The second-order valence-corrected chi connectivity index (χ2v) is 3.78. The molecule has 0 aliphatic carbocycles. The molecule has 0 amide bonds. The van der Waals surface area contributed by atoms with Crippen molar-refractivity contribution in [3.05, 3.63) is 18.2 Å². The van der Waals surface area contributed by atoms with E-state index in [1.54, 1.807) is 0 Å². The Bertz CT molecular complexity index is 240. The normalized spacial score (nSPS) is 11.1. The van der Waals surface area contributed by atoms with Crippen LogP contribution in [0.15, 0.2) is 12.4 Å². The molecule has 0 saturated carbocycles. The fourth-order valence-electron chi connectivity index (χ4n) is 1.40. The van der Waals surface area contributed by atoms with Gasteiger partial charge in [-0.05, 0) is 18.8 Å². The molecule has 0 radical (unpaired) electrons. The van der Waals surface area contributed by atoms with E-state index in [1.807, 2.05) is 12.4 Å². The molecule has 3 heteroatoms. The highest BCUT2D eigenvalue weighted by atomic mass is 15.1. The van der Waals surface area contributed by atoms with Gasteiger partial charge in [0.15, 0.2) is 0 Å². The lowest BCUT2D eigenvalue weighted by molar-refractivity contribution is 0.504. The Labute approximate surface area is 80.0 Å². The SMILES string of the molecule is CC(C)CCCn1ccnc1CN. The average Bonchev–Trinajstić information content (AvgIpc) is 2.51. The van der Waals surface area contributed by atoms with E-state index >= 15 is 0 Å². The summed E-state index contributed by atoms with van der Waals surface area (Å²) in [5, 5.41) is 0. The molecule has 0 unspecified atom stereocenters. The van der Waals surface area contributed by atoms with Crippen molar-refractivity contribution in [2.24, 2.45) is 11.7 Å². The molecule has 13 heavy (non-hydrogen) atoms. The average molecular weight is 181 g/mol. The van der Waals surface area contributed by atoms with Crippen molar-refractivity contribution in [3.8, 4) is 0 Å². The Morgan fingerprint density at radius 3 is 2.92 bits per heavy atom. The van der Waals surface area contributed by atoms with Gasteiger partial charge in [0.05, 0.1) is 6.54 Å². The molecule has 3 nitrogen and oxygen atoms in total. The molecule has 1 aromatic rings. The summed E-state index contributed by atoms with van der Waals surface area (Å²) >= 11 is 0. The maximum absolute atomic E-state index is 5.54. The molecule has 1 heterocycles. The predicted molar refractivity (Wildman–Crippen MR) is 54.2 cm³/mol. The molecule has 0 atom stereocenters. The third-order valence-corrected chi connectivity index (χ3v) is 2.16. The molecule has 2 N–H and O–H groups in total. The fourth-order valence-corrected chi connectivity index (χ4v) is 1.40. The van der Waals surface area contributed by atoms with Gasteiger partial charge in [0.25, 0.3) is 0 Å². The Kier molecular flexibility index (Phi) is 3.96. The van der Waals surface area contributed by atoms with E-state index in [-0.39, 0.29) is 0 Å². The highest BCUT2D eigenvalue weighted by Crippen LogP contribution is 2.06. The zero-order valence-electron chi connectivity index (χ0n) is 8.53. The topological polar surface area (TPSA) is 43.8 Å². The van der Waals surface area contributed by atoms with E-state index in [1.165, 1.54) is 12.8 Å². The standard InChI is InChI=1S/C10H19N3/c1-9(2)4-3-6-13-7-5-12-10(13)8-11/h5,7,9H,3-4,6,8,11H2,1-2H3. The molecular weight excluding hydrogens is 162 g/mol.